The van der Waals surface area contributed by atoms with Gasteiger partial charge in [0.15, 0.2) is 0 Å². The van der Waals surface area contributed by atoms with Crippen LogP contribution in [-0.2, 0) is 4.79 Å². The van der Waals surface area contributed by atoms with E-state index in [1.165, 1.54) is 12.3 Å². The topological polar surface area (TPSA) is 79.3 Å². The van der Waals surface area contributed by atoms with Crippen LogP contribution in [0.15, 0.2) is 18.3 Å². The first-order valence-electron chi connectivity index (χ1n) is 5.10. The molecule has 1 aromatic heterocycles. The number of hydrogen-bond acceptors (Lipinski definition) is 3. The van der Waals surface area contributed by atoms with Crippen molar-refractivity contribution in [1.29, 1.82) is 0 Å². The Morgan fingerprint density at radius 1 is 1.59 bits per heavy atom. The summed E-state index contributed by atoms with van der Waals surface area (Å²) in [5.41, 5.74) is 0.410. The highest BCUT2D eigenvalue weighted by atomic mass is 35.5. The van der Waals surface area contributed by atoms with Crippen molar-refractivity contribution in [3.8, 4) is 0 Å². The SMILES string of the molecule is CC(CNC(=O)c1ccnc(Cl)c1)CC(=O)O. The predicted octanol–water partition coefficient (Wildman–Crippen LogP) is 1.58. The average molecular weight is 257 g/mol. The van der Waals surface area contributed by atoms with Gasteiger partial charge in [0, 0.05) is 24.7 Å². The van der Waals surface area contributed by atoms with Gasteiger partial charge in [-0.25, -0.2) is 4.98 Å². The van der Waals surface area contributed by atoms with Crippen LogP contribution in [0, 0.1) is 5.92 Å². The minimum Gasteiger partial charge on any atom is -0.481 e. The molecule has 0 saturated carbocycles. The molecule has 5 nitrogen and oxygen atoms in total. The summed E-state index contributed by atoms with van der Waals surface area (Å²) in [5.74, 6) is -1.28. The standard InChI is InChI=1S/C11H13ClN2O3/c1-7(4-10(15)16)6-14-11(17)8-2-3-13-9(12)5-8/h2-3,5,7H,4,6H2,1H3,(H,14,17)(H,15,16). The molecule has 0 spiro atoms. The maximum absolute atomic E-state index is 11.6. The van der Waals surface area contributed by atoms with Crippen LogP contribution < -0.4 is 5.32 Å². The lowest BCUT2D eigenvalue weighted by molar-refractivity contribution is -0.137. The number of carbonyl (C=O) groups excluding carboxylic acids is 1. The monoisotopic (exact) mass is 256 g/mol. The van der Waals surface area contributed by atoms with E-state index in [1.807, 2.05) is 0 Å². The minimum atomic E-state index is -0.876. The molecule has 6 heteroatoms. The third-order valence-corrected chi connectivity index (χ3v) is 2.33. The smallest absolute Gasteiger partial charge is 0.303 e. The van der Waals surface area contributed by atoms with Crippen molar-refractivity contribution < 1.29 is 14.7 Å². The normalized spacial score (nSPS) is 11.9. The number of aliphatic carboxylic acids is 1. The highest BCUT2D eigenvalue weighted by Gasteiger charge is 2.10. The van der Waals surface area contributed by atoms with Gasteiger partial charge >= 0.3 is 5.97 Å². The van der Waals surface area contributed by atoms with E-state index in [9.17, 15) is 9.59 Å². The number of nitrogens with zero attached hydrogens (tertiary/aromatic N) is 1. The number of halogens is 1. The fourth-order valence-electron chi connectivity index (χ4n) is 1.28. The Morgan fingerprint density at radius 2 is 2.29 bits per heavy atom. The molecule has 92 valence electrons. The Balaban J connectivity index is 2.47. The average Bonchev–Trinajstić information content (AvgIpc) is 2.25. The third-order valence-electron chi connectivity index (χ3n) is 2.12. The van der Waals surface area contributed by atoms with Gasteiger partial charge in [0.25, 0.3) is 5.91 Å². The van der Waals surface area contributed by atoms with Crippen LogP contribution in [-0.4, -0.2) is 28.5 Å². The van der Waals surface area contributed by atoms with Gasteiger partial charge in [-0.1, -0.05) is 18.5 Å². The predicted molar refractivity (Wildman–Crippen MR) is 63.0 cm³/mol. The highest BCUT2D eigenvalue weighted by Crippen LogP contribution is 2.07. The Labute approximate surface area is 104 Å². The second-order valence-corrected chi connectivity index (χ2v) is 4.17. The molecule has 1 atom stereocenters. The number of hydrogen-bond donors (Lipinski definition) is 2. The Hall–Kier alpha value is -1.62. The van der Waals surface area contributed by atoms with Crippen LogP contribution >= 0.6 is 11.6 Å². The van der Waals surface area contributed by atoms with E-state index in [0.717, 1.165) is 0 Å². The zero-order valence-electron chi connectivity index (χ0n) is 9.31. The number of rotatable bonds is 5. The minimum absolute atomic E-state index is 0.0252. The van der Waals surface area contributed by atoms with Gasteiger partial charge in [0.05, 0.1) is 0 Å². The number of carboxylic acid groups (broad SMARTS) is 1. The largest absolute Gasteiger partial charge is 0.481 e. The summed E-state index contributed by atoms with van der Waals surface area (Å²) in [6, 6.07) is 3.00. The summed E-state index contributed by atoms with van der Waals surface area (Å²) in [5, 5.41) is 11.5. The summed E-state index contributed by atoms with van der Waals surface area (Å²) in [4.78, 5) is 25.8. The molecule has 0 aliphatic rings. The van der Waals surface area contributed by atoms with Gasteiger partial charge < -0.3 is 10.4 Å². The second-order valence-electron chi connectivity index (χ2n) is 3.78. The number of amides is 1. The Morgan fingerprint density at radius 3 is 2.88 bits per heavy atom. The van der Waals surface area contributed by atoms with E-state index in [1.54, 1.807) is 13.0 Å². The van der Waals surface area contributed by atoms with Crippen LogP contribution in [0.3, 0.4) is 0 Å². The van der Waals surface area contributed by atoms with Crippen molar-refractivity contribution >= 4 is 23.5 Å². The van der Waals surface area contributed by atoms with Crippen molar-refractivity contribution in [3.63, 3.8) is 0 Å². The van der Waals surface area contributed by atoms with Gasteiger partial charge in [-0.2, -0.15) is 0 Å². The molecule has 0 aliphatic carbocycles. The molecule has 0 aliphatic heterocycles. The number of carbonyl (C=O) groups is 2. The first-order valence-corrected chi connectivity index (χ1v) is 5.48. The Bertz CT molecular complexity index is 423. The molecule has 1 amide bonds. The van der Waals surface area contributed by atoms with Crippen molar-refractivity contribution in [2.24, 2.45) is 5.92 Å². The molecule has 2 N–H and O–H groups in total. The molecule has 1 unspecified atom stereocenters. The number of nitrogens with one attached hydrogen (secondary N) is 1. The molecule has 0 aromatic carbocycles. The third kappa shape index (κ3) is 4.82. The summed E-state index contributed by atoms with van der Waals surface area (Å²) in [6.07, 6.45) is 1.47. The van der Waals surface area contributed by atoms with E-state index in [2.05, 4.69) is 10.3 Å². The van der Waals surface area contributed by atoms with Gasteiger partial charge in [0.1, 0.15) is 5.15 Å². The molecule has 1 rings (SSSR count). The zero-order chi connectivity index (χ0) is 12.8. The molecule has 0 fully saturated rings. The highest BCUT2D eigenvalue weighted by molar-refractivity contribution is 6.29. The van der Waals surface area contributed by atoms with Crippen LogP contribution in [0.25, 0.3) is 0 Å². The maximum atomic E-state index is 11.6. The van der Waals surface area contributed by atoms with Crippen molar-refractivity contribution in [1.82, 2.24) is 10.3 Å². The summed E-state index contributed by atoms with van der Waals surface area (Å²) < 4.78 is 0. The summed E-state index contributed by atoms with van der Waals surface area (Å²) in [7, 11) is 0. The van der Waals surface area contributed by atoms with Crippen LogP contribution in [0.4, 0.5) is 0 Å². The number of carboxylic acids is 1. The summed E-state index contributed by atoms with van der Waals surface area (Å²) in [6.45, 7) is 2.07. The quantitative estimate of drug-likeness (QED) is 0.784. The fourth-order valence-corrected chi connectivity index (χ4v) is 1.46. The Kier molecular flexibility index (Phi) is 4.90. The van der Waals surface area contributed by atoms with E-state index in [4.69, 9.17) is 16.7 Å². The van der Waals surface area contributed by atoms with Gasteiger partial charge in [-0.05, 0) is 18.1 Å². The molecule has 17 heavy (non-hydrogen) atoms. The van der Waals surface area contributed by atoms with E-state index in [-0.39, 0.29) is 23.4 Å². The molecule has 0 bridgehead atoms. The molecule has 0 saturated heterocycles. The maximum Gasteiger partial charge on any atom is 0.303 e. The molecule has 0 radical (unpaired) electrons. The molecular formula is C11H13ClN2O3. The van der Waals surface area contributed by atoms with Crippen molar-refractivity contribution in [3.05, 3.63) is 29.0 Å². The second kappa shape index (κ2) is 6.20. The van der Waals surface area contributed by atoms with Crippen molar-refractivity contribution in [2.75, 3.05) is 6.54 Å². The van der Waals surface area contributed by atoms with Crippen LogP contribution in [0.1, 0.15) is 23.7 Å². The van der Waals surface area contributed by atoms with Crippen LogP contribution in [0.2, 0.25) is 5.15 Å². The first-order chi connectivity index (χ1) is 7.99. The zero-order valence-corrected chi connectivity index (χ0v) is 10.1. The number of pyridine rings is 1. The van der Waals surface area contributed by atoms with Gasteiger partial charge in [-0.15, -0.1) is 0 Å². The van der Waals surface area contributed by atoms with Gasteiger partial charge in [0.2, 0.25) is 0 Å². The number of aromatic nitrogens is 1. The van der Waals surface area contributed by atoms with E-state index in [0.29, 0.717) is 12.1 Å². The lowest BCUT2D eigenvalue weighted by atomic mass is 10.1. The fraction of sp³-hybridized carbons (Fsp3) is 0.364. The lowest BCUT2D eigenvalue weighted by Crippen LogP contribution is -2.29. The summed E-state index contributed by atoms with van der Waals surface area (Å²) >= 11 is 5.65. The van der Waals surface area contributed by atoms with E-state index >= 15 is 0 Å². The van der Waals surface area contributed by atoms with Crippen molar-refractivity contribution in [2.45, 2.75) is 13.3 Å². The molecular weight excluding hydrogens is 244 g/mol. The lowest BCUT2D eigenvalue weighted by Gasteiger charge is -2.10. The first kappa shape index (κ1) is 13.4. The van der Waals surface area contributed by atoms with Gasteiger partial charge in [-0.3, -0.25) is 9.59 Å². The van der Waals surface area contributed by atoms with E-state index < -0.39 is 5.97 Å². The molecule has 1 heterocycles. The molecule has 1 aromatic rings. The van der Waals surface area contributed by atoms with Crippen LogP contribution in [0.5, 0.6) is 0 Å².